The summed E-state index contributed by atoms with van der Waals surface area (Å²) in [4.78, 5) is 29.2. The third kappa shape index (κ3) is 16.2. The number of esters is 1. The molecule has 10 atom stereocenters. The van der Waals surface area contributed by atoms with Crippen LogP contribution in [-0.2, 0) is 32.3 Å². The maximum absolute atomic E-state index is 14.0. The molecule has 0 radical (unpaired) electrons. The van der Waals surface area contributed by atoms with Crippen molar-refractivity contribution in [3.8, 4) is 0 Å². The lowest BCUT2D eigenvalue weighted by molar-refractivity contribution is -0.151. The minimum Gasteiger partial charge on any atom is -0.457 e. The Morgan fingerprint density at radius 1 is 0.938 bits per heavy atom. The summed E-state index contributed by atoms with van der Waals surface area (Å²) >= 11 is 0. The number of piperazine rings is 1. The van der Waals surface area contributed by atoms with Gasteiger partial charge in [-0.1, -0.05) is 107 Å². The van der Waals surface area contributed by atoms with Gasteiger partial charge in [-0.3, -0.25) is 4.79 Å². The molecular formula is C51H96N2O9Si3. The predicted octanol–water partition coefficient (Wildman–Crippen LogP) is 11.7. The number of hydrogen-bond acceptors (Lipinski definition) is 10. The molecule has 2 saturated heterocycles. The van der Waals surface area contributed by atoms with Crippen LogP contribution in [0.1, 0.15) is 136 Å². The van der Waals surface area contributed by atoms with Crippen molar-refractivity contribution in [3.63, 3.8) is 0 Å². The van der Waals surface area contributed by atoms with Gasteiger partial charge in [-0.25, -0.2) is 4.79 Å². The van der Waals surface area contributed by atoms with Gasteiger partial charge in [-0.15, -0.1) is 0 Å². The smallest absolute Gasteiger partial charge is 0.410 e. The molecule has 65 heavy (non-hydrogen) atoms. The molecule has 1 amide bonds. The van der Waals surface area contributed by atoms with Crippen molar-refractivity contribution >= 4 is 37.0 Å². The molecule has 0 aromatic rings. The number of carbonyl (C=O) groups excluding carboxylic acids is 2. The van der Waals surface area contributed by atoms with Crippen LogP contribution in [0.25, 0.3) is 0 Å². The van der Waals surface area contributed by atoms with Crippen molar-refractivity contribution in [3.05, 3.63) is 36.0 Å². The molecule has 14 heteroatoms. The van der Waals surface area contributed by atoms with E-state index in [4.69, 9.17) is 27.5 Å². The lowest BCUT2D eigenvalue weighted by atomic mass is 9.88. The number of hydrogen-bond donors (Lipinski definition) is 2. The number of rotatable bonds is 24. The standard InChI is InChI=1S/C51H96N2O9Si3/c1-16-43(61-64(20-5,21-6)22-7)41(13)48-44(57-48)38-50(14,62-65(23-8,24-9)25-10)31-26-27-39(11)47-40(12)28-29-45(58-49(55)53-35-33-52-34-36-53)51(15,56)32-30-42(37-46(54)59-47)60-63(17-2,18-3)19-4/h26-29,31,40-45,47-48,52,56H,16-25,30,32-38H2,1-15H3/b29-28-,31-26+,39-27+/t40-,41+,42+,43-,44+,45-,47+,48+,50-,51+/m0/s1. The van der Waals surface area contributed by atoms with Gasteiger partial charge >= 0.3 is 12.1 Å². The topological polar surface area (TPSA) is 128 Å². The van der Waals surface area contributed by atoms with Crippen LogP contribution in [0.2, 0.25) is 54.4 Å². The molecule has 0 spiro atoms. The molecule has 3 aliphatic rings. The number of epoxide rings is 1. The Morgan fingerprint density at radius 3 is 2.05 bits per heavy atom. The molecule has 0 unspecified atom stereocenters. The summed E-state index contributed by atoms with van der Waals surface area (Å²) in [6.07, 6.45) is 10.6. The highest BCUT2D eigenvalue weighted by Gasteiger charge is 2.51. The first kappa shape index (κ1) is 57.7. The zero-order valence-electron chi connectivity index (χ0n) is 43.9. The number of cyclic esters (lactones) is 1. The predicted molar refractivity (Wildman–Crippen MR) is 274 cm³/mol. The van der Waals surface area contributed by atoms with E-state index < -0.39 is 60.6 Å². The number of nitrogens with zero attached hydrogens (tertiary/aromatic N) is 1. The Morgan fingerprint density at radius 2 is 1.51 bits per heavy atom. The Hall–Kier alpha value is -1.63. The van der Waals surface area contributed by atoms with Gasteiger partial charge < -0.3 is 42.8 Å². The summed E-state index contributed by atoms with van der Waals surface area (Å²) in [6, 6.07) is 9.33. The molecule has 0 aromatic carbocycles. The summed E-state index contributed by atoms with van der Waals surface area (Å²) < 4.78 is 40.5. The van der Waals surface area contributed by atoms with E-state index in [1.165, 1.54) is 0 Å². The molecule has 0 aromatic heterocycles. The molecule has 0 saturated carbocycles. The van der Waals surface area contributed by atoms with Crippen molar-refractivity contribution in [2.24, 2.45) is 11.8 Å². The highest BCUT2D eigenvalue weighted by atomic mass is 28.4. The Kier molecular flexibility index (Phi) is 23.4. The van der Waals surface area contributed by atoms with E-state index in [1.54, 1.807) is 17.9 Å². The quantitative estimate of drug-likeness (QED) is 0.0317. The molecule has 0 aliphatic carbocycles. The van der Waals surface area contributed by atoms with Crippen LogP contribution in [0.4, 0.5) is 4.79 Å². The van der Waals surface area contributed by atoms with Crippen LogP contribution in [0.15, 0.2) is 36.0 Å². The summed E-state index contributed by atoms with van der Waals surface area (Å²) in [6.45, 7) is 35.2. The fourth-order valence-corrected chi connectivity index (χ4v) is 19.3. The third-order valence-electron chi connectivity index (χ3n) is 16.0. The second-order valence-electron chi connectivity index (χ2n) is 20.2. The molecule has 0 bridgehead atoms. The number of aliphatic hydroxyl groups is 1. The molecule has 11 nitrogen and oxygen atoms in total. The first-order valence-corrected chi connectivity index (χ1v) is 33.7. The largest absolute Gasteiger partial charge is 0.457 e. The minimum atomic E-state index is -2.14. The van der Waals surface area contributed by atoms with E-state index in [-0.39, 0.29) is 49.0 Å². The van der Waals surface area contributed by atoms with Crippen LogP contribution in [0.3, 0.4) is 0 Å². The number of ether oxygens (including phenoxy) is 3. The SMILES string of the molecule is CC[C@H](O[Si](CC)(CC)CC)[C@@H](C)[C@H]1O[C@@H]1C[C@](C)(/C=C/C=C(\C)[C@H]1OC(=O)C[C@H](O[Si](CC)(CC)CC)CC[C@@](C)(O)[C@@H](OC(=O)N2CCNCC2)/C=C\[C@@H]1C)O[Si](CC)(CC)CC. The lowest BCUT2D eigenvalue weighted by Gasteiger charge is -2.39. The number of nitrogens with one attached hydrogen (secondary N) is 1. The van der Waals surface area contributed by atoms with Gasteiger partial charge in [-0.05, 0) is 106 Å². The van der Waals surface area contributed by atoms with Crippen molar-refractivity contribution < 1.29 is 42.2 Å². The Balaban J connectivity index is 2.00. The summed E-state index contributed by atoms with van der Waals surface area (Å²) in [5, 5.41) is 15.4. The van der Waals surface area contributed by atoms with Gasteiger partial charge in [0, 0.05) is 50.5 Å². The van der Waals surface area contributed by atoms with Gasteiger partial charge in [0.1, 0.15) is 11.7 Å². The summed E-state index contributed by atoms with van der Waals surface area (Å²) in [5.74, 6) is -0.334. The maximum Gasteiger partial charge on any atom is 0.410 e. The van der Waals surface area contributed by atoms with Crippen LogP contribution in [0, 0.1) is 11.8 Å². The van der Waals surface area contributed by atoms with Gasteiger partial charge in [0.2, 0.25) is 0 Å². The Labute approximate surface area is 400 Å². The molecule has 3 aliphatic heterocycles. The van der Waals surface area contributed by atoms with E-state index in [1.807, 2.05) is 19.9 Å². The second-order valence-corrected chi connectivity index (χ2v) is 34.4. The fourth-order valence-electron chi connectivity index (χ4n) is 10.3. The van der Waals surface area contributed by atoms with E-state index in [0.29, 0.717) is 32.6 Å². The van der Waals surface area contributed by atoms with Gasteiger partial charge in [0.25, 0.3) is 0 Å². The molecular weight excluding hydrogens is 869 g/mol. The van der Waals surface area contributed by atoms with Crippen molar-refractivity contribution in [1.29, 1.82) is 0 Å². The molecule has 3 heterocycles. The van der Waals surface area contributed by atoms with Crippen molar-refractivity contribution in [1.82, 2.24) is 10.2 Å². The minimum absolute atomic E-state index is 0.0777. The average Bonchev–Trinajstić information content (AvgIpc) is 4.08. The number of amides is 1. The Bertz CT molecular complexity index is 1520. The van der Waals surface area contributed by atoms with Crippen molar-refractivity contribution in [2.45, 2.75) is 238 Å². The van der Waals surface area contributed by atoms with Gasteiger partial charge in [0.05, 0.1) is 30.3 Å². The number of carbonyl (C=O) groups is 2. The van der Waals surface area contributed by atoms with Crippen LogP contribution in [-0.4, -0.2) is 121 Å². The summed E-state index contributed by atoms with van der Waals surface area (Å²) in [5.41, 5.74) is -1.09. The highest BCUT2D eigenvalue weighted by Crippen LogP contribution is 2.43. The number of allylic oxidation sites excluding steroid dienone is 2. The normalized spacial score (nSPS) is 29.0. The van der Waals surface area contributed by atoms with Crippen LogP contribution < -0.4 is 5.32 Å². The second kappa shape index (κ2) is 26.4. The third-order valence-corrected chi connectivity index (χ3v) is 30.1. The zero-order chi connectivity index (χ0) is 48.6. The van der Waals surface area contributed by atoms with Crippen LogP contribution >= 0.6 is 0 Å². The first-order chi connectivity index (χ1) is 30.8. The van der Waals surface area contributed by atoms with E-state index in [9.17, 15) is 14.7 Å². The van der Waals surface area contributed by atoms with Gasteiger partial charge in [0.15, 0.2) is 31.1 Å². The van der Waals surface area contributed by atoms with E-state index >= 15 is 0 Å². The molecule has 3 rings (SSSR count). The van der Waals surface area contributed by atoms with Gasteiger partial charge in [-0.2, -0.15) is 0 Å². The average molecular weight is 966 g/mol. The molecule has 2 fully saturated rings. The van der Waals surface area contributed by atoms with Crippen molar-refractivity contribution in [2.75, 3.05) is 26.2 Å². The highest BCUT2D eigenvalue weighted by molar-refractivity contribution is 6.74. The molecule has 2 N–H and O–H groups in total. The fraction of sp³-hybridized carbons (Fsp3) is 0.843. The lowest BCUT2D eigenvalue weighted by Crippen LogP contribution is -2.50. The first-order valence-electron chi connectivity index (χ1n) is 26.1. The maximum atomic E-state index is 14.0. The monoisotopic (exact) mass is 965 g/mol. The molecule has 376 valence electrons. The zero-order valence-corrected chi connectivity index (χ0v) is 46.9. The summed E-state index contributed by atoms with van der Waals surface area (Å²) in [7, 11) is -5.96. The van der Waals surface area contributed by atoms with E-state index in [2.05, 4.69) is 107 Å². The van der Waals surface area contributed by atoms with E-state index in [0.717, 1.165) is 72.8 Å². The van der Waals surface area contributed by atoms with Crippen LogP contribution in [0.5, 0.6) is 0 Å².